The number of hydrogen-bond acceptors (Lipinski definition) is 4. The molecule has 8 heteroatoms. The number of methoxy groups -OCH3 is 2. The molecule has 0 saturated carbocycles. The third kappa shape index (κ3) is 3.28. The Morgan fingerprint density at radius 3 is 1.42 bits per heavy atom. The highest BCUT2D eigenvalue weighted by atomic mass is 35.5. The minimum atomic E-state index is -1.16. The summed E-state index contributed by atoms with van der Waals surface area (Å²) in [4.78, 5) is 0. The van der Waals surface area contributed by atoms with Crippen LogP contribution < -0.4 is 20.9 Å². The molecule has 0 bridgehead atoms. The van der Waals surface area contributed by atoms with Gasteiger partial charge in [-0.2, -0.15) is 0 Å². The lowest BCUT2D eigenvalue weighted by molar-refractivity contribution is 0.375. The lowest BCUT2D eigenvalue weighted by atomic mass is 9.93. The van der Waals surface area contributed by atoms with Crippen LogP contribution in [0.5, 0.6) is 11.5 Å². The Balaban J connectivity index is 2.54. The van der Waals surface area contributed by atoms with E-state index in [1.807, 2.05) is 0 Å². The number of ether oxygens (including phenoxy) is 2. The second-order valence-corrected chi connectivity index (χ2v) is 5.82. The zero-order valence-electron chi connectivity index (χ0n) is 12.9. The van der Waals surface area contributed by atoms with E-state index in [-0.39, 0.29) is 32.7 Å². The van der Waals surface area contributed by atoms with Gasteiger partial charge in [-0.3, -0.25) is 0 Å². The fourth-order valence-corrected chi connectivity index (χ4v) is 2.93. The Kier molecular flexibility index (Phi) is 5.87. The highest BCUT2D eigenvalue weighted by Gasteiger charge is 2.29. The maximum absolute atomic E-state index is 14.5. The zero-order valence-corrected chi connectivity index (χ0v) is 14.5. The van der Waals surface area contributed by atoms with Crippen molar-refractivity contribution in [3.8, 4) is 11.5 Å². The molecule has 0 aliphatic rings. The second-order valence-electron chi connectivity index (χ2n) is 5.01. The van der Waals surface area contributed by atoms with Crippen molar-refractivity contribution in [2.75, 3.05) is 14.2 Å². The molecule has 0 heterocycles. The normalized spacial score (nSPS) is 13.5. The average molecular weight is 377 g/mol. The molecule has 0 saturated heterocycles. The Bertz CT molecular complexity index is 696. The van der Waals surface area contributed by atoms with Gasteiger partial charge in [0.05, 0.1) is 26.3 Å². The number of benzene rings is 2. The van der Waals surface area contributed by atoms with Crippen molar-refractivity contribution in [3.63, 3.8) is 0 Å². The van der Waals surface area contributed by atoms with E-state index < -0.39 is 23.7 Å². The van der Waals surface area contributed by atoms with Gasteiger partial charge in [0.25, 0.3) is 0 Å². The molecule has 0 aliphatic heterocycles. The van der Waals surface area contributed by atoms with Crippen LogP contribution in [0.25, 0.3) is 0 Å². The molecule has 4 nitrogen and oxygen atoms in total. The first kappa shape index (κ1) is 18.7. The third-order valence-electron chi connectivity index (χ3n) is 3.68. The molecule has 0 spiro atoms. The first-order valence-corrected chi connectivity index (χ1v) is 7.64. The zero-order chi connectivity index (χ0) is 18.0. The predicted molar refractivity (Wildman–Crippen MR) is 89.8 cm³/mol. The van der Waals surface area contributed by atoms with Crippen LogP contribution in [-0.2, 0) is 0 Å². The molecule has 0 fully saturated rings. The fraction of sp³-hybridized carbons (Fsp3) is 0.250. The largest absolute Gasteiger partial charge is 0.494 e. The molecule has 2 aromatic carbocycles. The maximum atomic E-state index is 14.5. The van der Waals surface area contributed by atoms with E-state index in [0.717, 1.165) is 0 Å². The Morgan fingerprint density at radius 1 is 0.792 bits per heavy atom. The van der Waals surface area contributed by atoms with E-state index in [1.165, 1.54) is 38.5 Å². The van der Waals surface area contributed by atoms with Gasteiger partial charge in [-0.05, 0) is 24.3 Å². The highest BCUT2D eigenvalue weighted by molar-refractivity contribution is 6.32. The minimum Gasteiger partial charge on any atom is -0.494 e. The Labute approximate surface area is 148 Å². The van der Waals surface area contributed by atoms with E-state index in [4.69, 9.17) is 44.1 Å². The molecule has 2 atom stereocenters. The number of hydrogen-bond donors (Lipinski definition) is 2. The van der Waals surface area contributed by atoms with Gasteiger partial charge in [0.1, 0.15) is 0 Å². The summed E-state index contributed by atoms with van der Waals surface area (Å²) in [5.41, 5.74) is 11.9. The van der Waals surface area contributed by atoms with Gasteiger partial charge in [-0.25, -0.2) is 8.78 Å². The third-order valence-corrected chi connectivity index (χ3v) is 4.33. The first-order valence-electron chi connectivity index (χ1n) is 6.88. The standard InChI is InChI=1S/C16H16Cl2F2N2O2/c1-23-9-5-3-7(17)11(13(9)19)15(21)16(22)12-8(18)4-6-10(24-2)14(12)20/h3-6,15-16H,21-22H2,1-2H3/t15-,16-/m0/s1. The number of nitrogens with two attached hydrogens (primary N) is 2. The molecule has 0 aromatic heterocycles. The van der Waals surface area contributed by atoms with Crippen LogP contribution in [0, 0.1) is 11.6 Å². The molecule has 0 amide bonds. The molecule has 2 rings (SSSR count). The van der Waals surface area contributed by atoms with Crippen LogP contribution in [0.1, 0.15) is 23.2 Å². The van der Waals surface area contributed by atoms with E-state index >= 15 is 0 Å². The van der Waals surface area contributed by atoms with Crippen LogP contribution >= 0.6 is 23.2 Å². The van der Waals surface area contributed by atoms with Crippen molar-refractivity contribution in [2.45, 2.75) is 12.1 Å². The SMILES string of the molecule is COc1ccc(Cl)c([C@H](N)[C@@H](N)c2c(Cl)ccc(OC)c2F)c1F. The van der Waals surface area contributed by atoms with Crippen LogP contribution in [0.2, 0.25) is 10.0 Å². The maximum Gasteiger partial charge on any atom is 0.171 e. The molecule has 130 valence electrons. The Morgan fingerprint density at radius 2 is 1.12 bits per heavy atom. The molecular formula is C16H16Cl2F2N2O2. The number of halogens is 4. The predicted octanol–water partition coefficient (Wildman–Crippen LogP) is 3.99. The van der Waals surface area contributed by atoms with Crippen molar-refractivity contribution in [2.24, 2.45) is 11.5 Å². The van der Waals surface area contributed by atoms with E-state index in [1.54, 1.807) is 0 Å². The summed E-state index contributed by atoms with van der Waals surface area (Å²) < 4.78 is 38.8. The topological polar surface area (TPSA) is 70.5 Å². The van der Waals surface area contributed by atoms with Gasteiger partial charge in [0.2, 0.25) is 0 Å². The fourth-order valence-electron chi connectivity index (χ4n) is 2.38. The molecule has 0 unspecified atom stereocenters. The summed E-state index contributed by atoms with van der Waals surface area (Å²) in [6, 6.07) is 3.25. The van der Waals surface area contributed by atoms with Gasteiger partial charge in [-0.15, -0.1) is 0 Å². The molecule has 0 radical (unpaired) electrons. The summed E-state index contributed by atoms with van der Waals surface area (Å²) in [5.74, 6) is -1.61. The van der Waals surface area contributed by atoms with Gasteiger partial charge < -0.3 is 20.9 Å². The quantitative estimate of drug-likeness (QED) is 0.827. The van der Waals surface area contributed by atoms with Crippen LogP contribution in [0.15, 0.2) is 24.3 Å². The number of rotatable bonds is 5. The summed E-state index contributed by atoms with van der Waals surface area (Å²) in [7, 11) is 2.61. The molecular weight excluding hydrogens is 361 g/mol. The lowest BCUT2D eigenvalue weighted by Crippen LogP contribution is -2.29. The molecule has 4 N–H and O–H groups in total. The smallest absolute Gasteiger partial charge is 0.171 e. The van der Waals surface area contributed by atoms with E-state index in [9.17, 15) is 8.78 Å². The minimum absolute atomic E-state index is 0.0470. The summed E-state index contributed by atoms with van der Waals surface area (Å²) in [6.07, 6.45) is 0. The van der Waals surface area contributed by atoms with E-state index in [2.05, 4.69) is 0 Å². The molecule has 0 aliphatic carbocycles. The van der Waals surface area contributed by atoms with Crippen LogP contribution in [0.4, 0.5) is 8.78 Å². The molecule has 2 aromatic rings. The van der Waals surface area contributed by atoms with Crippen molar-refractivity contribution in [1.29, 1.82) is 0 Å². The summed E-state index contributed by atoms with van der Waals surface area (Å²) >= 11 is 12.1. The van der Waals surface area contributed by atoms with Crippen LogP contribution in [0.3, 0.4) is 0 Å². The van der Waals surface area contributed by atoms with Gasteiger partial charge in [0.15, 0.2) is 23.1 Å². The first-order chi connectivity index (χ1) is 11.3. The monoisotopic (exact) mass is 376 g/mol. The van der Waals surface area contributed by atoms with E-state index in [0.29, 0.717) is 0 Å². The summed E-state index contributed by atoms with van der Waals surface area (Å²) in [5, 5.41) is 0.103. The van der Waals surface area contributed by atoms with Crippen molar-refractivity contribution < 1.29 is 18.3 Å². The van der Waals surface area contributed by atoms with Gasteiger partial charge in [-0.1, -0.05) is 23.2 Å². The summed E-state index contributed by atoms with van der Waals surface area (Å²) in [6.45, 7) is 0. The Hall–Kier alpha value is -1.60. The highest BCUT2D eigenvalue weighted by Crippen LogP contribution is 2.39. The van der Waals surface area contributed by atoms with Crippen molar-refractivity contribution >= 4 is 23.2 Å². The van der Waals surface area contributed by atoms with Gasteiger partial charge >= 0.3 is 0 Å². The van der Waals surface area contributed by atoms with Crippen molar-refractivity contribution in [1.82, 2.24) is 0 Å². The average Bonchev–Trinajstić information content (AvgIpc) is 2.55. The molecule has 24 heavy (non-hydrogen) atoms. The van der Waals surface area contributed by atoms with Crippen LogP contribution in [-0.4, -0.2) is 14.2 Å². The lowest BCUT2D eigenvalue weighted by Gasteiger charge is -2.24. The van der Waals surface area contributed by atoms with Gasteiger partial charge in [0, 0.05) is 21.2 Å². The van der Waals surface area contributed by atoms with Crippen molar-refractivity contribution in [3.05, 3.63) is 57.1 Å². The second kappa shape index (κ2) is 7.53.